The van der Waals surface area contributed by atoms with Crippen molar-refractivity contribution < 1.29 is 54.5 Å². The number of para-hydroxylation sites is 1. The normalized spacial score (nSPS) is 24.9. The number of carbonyl (C=O) groups is 3. The van der Waals surface area contributed by atoms with Gasteiger partial charge in [-0.1, -0.05) is 30.3 Å². The molecular formula is C23H25NO11. The van der Waals surface area contributed by atoms with Crippen molar-refractivity contribution in [2.24, 2.45) is 0 Å². The third-order valence-electron chi connectivity index (χ3n) is 5.40. The molecule has 0 saturated carbocycles. The van der Waals surface area contributed by atoms with E-state index in [1.807, 2.05) is 0 Å². The number of hydrogen-bond acceptors (Lipinski definition) is 9. The highest BCUT2D eigenvalue weighted by atomic mass is 16.7. The van der Waals surface area contributed by atoms with Crippen LogP contribution in [0.4, 0.5) is 0 Å². The number of benzene rings is 2. The van der Waals surface area contributed by atoms with Crippen molar-refractivity contribution in [2.45, 2.75) is 43.2 Å². The maximum atomic E-state index is 12.6. The van der Waals surface area contributed by atoms with E-state index in [9.17, 15) is 34.8 Å². The first kappa shape index (κ1) is 26.1. The lowest BCUT2D eigenvalue weighted by Gasteiger charge is -2.39. The van der Waals surface area contributed by atoms with Crippen molar-refractivity contribution in [3.8, 4) is 16.9 Å². The number of aliphatic hydroxyl groups is 4. The molecule has 1 fully saturated rings. The Morgan fingerprint density at radius 2 is 1.69 bits per heavy atom. The monoisotopic (exact) mass is 491 g/mol. The Balaban J connectivity index is 1.85. The molecule has 1 amide bonds. The number of ether oxygens (including phenoxy) is 2. The van der Waals surface area contributed by atoms with Crippen LogP contribution in [0.5, 0.6) is 5.75 Å². The smallest absolute Gasteiger partial charge is 0.326 e. The summed E-state index contributed by atoms with van der Waals surface area (Å²) in [7, 11) is 0. The largest absolute Gasteiger partial charge is 0.481 e. The predicted octanol–water partition coefficient (Wildman–Crippen LogP) is -0.810. The number of nitrogens with one attached hydrogen (secondary N) is 1. The molecule has 188 valence electrons. The zero-order valence-corrected chi connectivity index (χ0v) is 18.2. The van der Waals surface area contributed by atoms with Gasteiger partial charge in [-0.3, -0.25) is 9.59 Å². The van der Waals surface area contributed by atoms with Crippen LogP contribution in [0.25, 0.3) is 11.1 Å². The van der Waals surface area contributed by atoms with Gasteiger partial charge in [0.1, 0.15) is 36.2 Å². The Kier molecular flexibility index (Phi) is 8.38. The fourth-order valence-corrected chi connectivity index (χ4v) is 3.54. The minimum atomic E-state index is -1.63. The van der Waals surface area contributed by atoms with Crippen LogP contribution in [-0.4, -0.2) is 91.8 Å². The Hall–Kier alpha value is -3.55. The second-order valence-corrected chi connectivity index (χ2v) is 7.85. The third kappa shape index (κ3) is 6.12. The molecule has 12 heteroatoms. The van der Waals surface area contributed by atoms with Gasteiger partial charge in [0.25, 0.3) is 5.91 Å². The quantitative estimate of drug-likeness (QED) is 0.231. The van der Waals surface area contributed by atoms with Crippen LogP contribution < -0.4 is 10.1 Å². The highest BCUT2D eigenvalue weighted by Gasteiger charge is 2.44. The number of carboxylic acids is 2. The zero-order chi connectivity index (χ0) is 25.7. The fraction of sp³-hybridized carbons (Fsp3) is 0.348. The van der Waals surface area contributed by atoms with E-state index in [2.05, 4.69) is 5.32 Å². The van der Waals surface area contributed by atoms with Gasteiger partial charge in [0.2, 0.25) is 6.29 Å². The van der Waals surface area contributed by atoms with E-state index in [1.54, 1.807) is 24.3 Å². The van der Waals surface area contributed by atoms with Gasteiger partial charge in [-0.05, 0) is 23.8 Å². The van der Waals surface area contributed by atoms with Crippen molar-refractivity contribution in [1.29, 1.82) is 0 Å². The van der Waals surface area contributed by atoms with Crippen LogP contribution in [0.3, 0.4) is 0 Å². The summed E-state index contributed by atoms with van der Waals surface area (Å²) in [4.78, 5) is 34.7. The van der Waals surface area contributed by atoms with E-state index < -0.39 is 67.6 Å². The van der Waals surface area contributed by atoms with E-state index in [4.69, 9.17) is 19.7 Å². The predicted molar refractivity (Wildman–Crippen MR) is 117 cm³/mol. The van der Waals surface area contributed by atoms with Crippen molar-refractivity contribution in [3.63, 3.8) is 0 Å². The van der Waals surface area contributed by atoms with E-state index in [0.717, 1.165) is 0 Å². The summed E-state index contributed by atoms with van der Waals surface area (Å²) in [6, 6.07) is 10.9. The van der Waals surface area contributed by atoms with Gasteiger partial charge in [0.15, 0.2) is 0 Å². The highest BCUT2D eigenvalue weighted by molar-refractivity contribution is 5.98. The molecule has 35 heavy (non-hydrogen) atoms. The van der Waals surface area contributed by atoms with Gasteiger partial charge in [0, 0.05) is 11.1 Å². The molecule has 0 unspecified atom stereocenters. The maximum Gasteiger partial charge on any atom is 0.326 e. The van der Waals surface area contributed by atoms with Crippen LogP contribution in [0.1, 0.15) is 16.8 Å². The molecule has 12 nitrogen and oxygen atoms in total. The molecule has 1 aliphatic heterocycles. The third-order valence-corrected chi connectivity index (χ3v) is 5.40. The summed E-state index contributed by atoms with van der Waals surface area (Å²) in [6.07, 6.45) is -8.18. The number of aliphatic carboxylic acids is 2. The van der Waals surface area contributed by atoms with Crippen LogP contribution in [0.2, 0.25) is 0 Å². The zero-order valence-electron chi connectivity index (χ0n) is 18.2. The number of amides is 1. The number of carboxylic acid groups (broad SMARTS) is 2. The SMILES string of the molecule is O=C(O)C[C@@H](NC(=O)c1cccc(-c2ccccc2O[C@H]2O[C@H](CO)[C@@H](O)[C@@H](O)[C@@H]2O)c1)C(=O)O. The van der Waals surface area contributed by atoms with Crippen LogP contribution >= 0.6 is 0 Å². The first-order valence-electron chi connectivity index (χ1n) is 10.5. The molecule has 2 aromatic rings. The van der Waals surface area contributed by atoms with E-state index >= 15 is 0 Å². The molecule has 0 spiro atoms. The minimum absolute atomic E-state index is 0.0572. The topological polar surface area (TPSA) is 203 Å². The van der Waals surface area contributed by atoms with Crippen molar-refractivity contribution in [2.75, 3.05) is 6.61 Å². The molecule has 7 N–H and O–H groups in total. The minimum Gasteiger partial charge on any atom is -0.481 e. The van der Waals surface area contributed by atoms with Gasteiger partial charge in [-0.15, -0.1) is 0 Å². The Morgan fingerprint density at radius 3 is 2.34 bits per heavy atom. The van der Waals surface area contributed by atoms with Crippen LogP contribution in [0, 0.1) is 0 Å². The molecule has 1 heterocycles. The molecule has 0 aromatic heterocycles. The lowest BCUT2D eigenvalue weighted by atomic mass is 9.99. The van der Waals surface area contributed by atoms with Crippen molar-refractivity contribution in [1.82, 2.24) is 5.32 Å². The van der Waals surface area contributed by atoms with Gasteiger partial charge in [-0.25, -0.2) is 4.79 Å². The number of rotatable bonds is 9. The highest BCUT2D eigenvalue weighted by Crippen LogP contribution is 2.33. The fourth-order valence-electron chi connectivity index (χ4n) is 3.54. The first-order chi connectivity index (χ1) is 16.6. The molecule has 2 aromatic carbocycles. The summed E-state index contributed by atoms with van der Waals surface area (Å²) in [5.41, 5.74) is 0.962. The standard InChI is InChI=1S/C23H25NO11/c25-10-16-18(28)19(29)20(30)23(35-16)34-15-7-2-1-6-13(15)11-4-3-5-12(8-11)21(31)24-14(22(32)33)9-17(26)27/h1-8,14,16,18-20,23,25,28-30H,9-10H2,(H,24,31)(H,26,27)(H,32,33)/t14-,16-,18-,19-,20+,23+/m1/s1. The maximum absolute atomic E-state index is 12.6. The summed E-state index contributed by atoms with van der Waals surface area (Å²) in [5.74, 6) is -3.49. The van der Waals surface area contributed by atoms with E-state index in [1.165, 1.54) is 24.3 Å². The van der Waals surface area contributed by atoms with Gasteiger partial charge < -0.3 is 45.4 Å². The Labute approximate surface area is 199 Å². The van der Waals surface area contributed by atoms with Gasteiger partial charge in [0.05, 0.1) is 13.0 Å². The van der Waals surface area contributed by atoms with Crippen molar-refractivity contribution >= 4 is 17.8 Å². The average Bonchev–Trinajstić information content (AvgIpc) is 2.84. The van der Waals surface area contributed by atoms with Crippen molar-refractivity contribution in [3.05, 3.63) is 54.1 Å². The number of carbonyl (C=O) groups excluding carboxylic acids is 1. The Bertz CT molecular complexity index is 1070. The van der Waals surface area contributed by atoms with Crippen LogP contribution in [0.15, 0.2) is 48.5 Å². The first-order valence-corrected chi connectivity index (χ1v) is 10.5. The summed E-state index contributed by atoms with van der Waals surface area (Å²) >= 11 is 0. The molecule has 1 aliphatic rings. The molecule has 0 radical (unpaired) electrons. The molecule has 3 rings (SSSR count). The second-order valence-electron chi connectivity index (χ2n) is 7.85. The molecule has 1 saturated heterocycles. The molecule has 0 bridgehead atoms. The lowest BCUT2D eigenvalue weighted by molar-refractivity contribution is -0.277. The van der Waals surface area contributed by atoms with E-state index in [-0.39, 0.29) is 11.3 Å². The summed E-state index contributed by atoms with van der Waals surface area (Å²) in [5, 5.41) is 59.8. The number of aliphatic hydroxyl groups excluding tert-OH is 4. The Morgan fingerprint density at radius 1 is 0.971 bits per heavy atom. The van der Waals surface area contributed by atoms with Crippen LogP contribution in [-0.2, 0) is 14.3 Å². The molecule has 0 aliphatic carbocycles. The molecular weight excluding hydrogens is 466 g/mol. The summed E-state index contributed by atoms with van der Waals surface area (Å²) in [6.45, 7) is -0.622. The van der Waals surface area contributed by atoms with Gasteiger partial charge >= 0.3 is 11.9 Å². The summed E-state index contributed by atoms with van der Waals surface area (Å²) < 4.78 is 11.1. The van der Waals surface area contributed by atoms with Gasteiger partial charge in [-0.2, -0.15) is 0 Å². The molecule has 6 atom stereocenters. The number of hydrogen-bond donors (Lipinski definition) is 7. The second kappa shape index (κ2) is 11.3. The lowest BCUT2D eigenvalue weighted by Crippen LogP contribution is -2.60. The van der Waals surface area contributed by atoms with E-state index in [0.29, 0.717) is 11.1 Å². The average molecular weight is 491 g/mol.